The number of unbranched alkanes of at least 4 members (excludes halogenated alkanes) is 4. The molecule has 0 fully saturated rings. The number of carbonyl (C=O) groups excluding carboxylic acids is 1. The minimum Gasteiger partial charge on any atom is -0.506 e. The van der Waals surface area contributed by atoms with E-state index >= 15 is 4.79 Å². The summed E-state index contributed by atoms with van der Waals surface area (Å²) >= 11 is 7.51. The van der Waals surface area contributed by atoms with Crippen LogP contribution in [0.5, 0.6) is 0 Å². The first-order valence-electron chi connectivity index (χ1n) is 46.6. The van der Waals surface area contributed by atoms with Gasteiger partial charge >= 0.3 is 0 Å². The van der Waals surface area contributed by atoms with Crippen LogP contribution in [-0.2, 0) is 58.9 Å². The van der Waals surface area contributed by atoms with E-state index in [0.29, 0.717) is 34.8 Å². The SMILES string of the molecule is CCCCC(CC)CN(CC(CC)CCCC)c1cc2c(s1)-c1sc(C3=C(O)/C(=c4/cc5c(s4)=C4SC(=[N+](CC(CC)CCCC)CC(CC)CCCC)C=C4C5(c4cc(C(C)(C)C)cc(C(C)(C)C)c4)c4cc(C(C)(C)C)cc(C(C)(C)C)c4)C3=O)cc1C2(c1cc(C(C)(C)C)cc(C(C)(C)C)c1)c1cc(C(C)(C)C)cc(C(C)(C)C)c1. The van der Waals surface area contributed by atoms with E-state index in [2.05, 4.69) is 328 Å². The largest absolute Gasteiger partial charge is 0.506 e. The van der Waals surface area contributed by atoms with Crippen molar-refractivity contribution in [2.24, 2.45) is 23.7 Å². The molecule has 8 heteroatoms. The zero-order valence-electron chi connectivity index (χ0n) is 80.1. The van der Waals surface area contributed by atoms with Crippen molar-refractivity contribution in [3.05, 3.63) is 206 Å². The number of hydrogen-bond donors (Lipinski definition) is 1. The summed E-state index contributed by atoms with van der Waals surface area (Å²) in [4.78, 5) is 24.2. The molecule has 118 heavy (non-hydrogen) atoms. The molecule has 4 aliphatic rings. The lowest BCUT2D eigenvalue weighted by Gasteiger charge is -2.38. The molecule has 4 atom stereocenters. The quantitative estimate of drug-likeness (QED) is 0.0456. The number of thioether (sulfide) groups is 1. The fraction of sp³-hybridized carbons (Fsp3) is 0.600. The van der Waals surface area contributed by atoms with E-state index in [-0.39, 0.29) is 54.9 Å². The number of nitrogens with zero attached hydrogens (tertiary/aromatic N) is 2. The average molecular weight is 1670 g/mol. The van der Waals surface area contributed by atoms with Crippen LogP contribution in [0, 0.1) is 23.7 Å². The number of aliphatic hydroxyl groups is 1. The number of fused-ring (bicyclic) bond motifs is 5. The Morgan fingerprint density at radius 2 is 0.712 bits per heavy atom. The van der Waals surface area contributed by atoms with E-state index in [1.807, 2.05) is 23.1 Å². The van der Waals surface area contributed by atoms with Crippen molar-refractivity contribution in [2.45, 2.75) is 378 Å². The van der Waals surface area contributed by atoms with Crippen LogP contribution in [0.15, 0.2) is 108 Å². The minimum absolute atomic E-state index is 0.0696. The Labute approximate surface area is 735 Å². The second-order valence-corrected chi connectivity index (χ2v) is 49.1. The molecule has 3 aromatic heterocycles. The maximum absolute atomic E-state index is 16.7. The number of carbonyl (C=O) groups is 1. The predicted octanol–water partition coefficient (Wildman–Crippen LogP) is 30.5. The van der Waals surface area contributed by atoms with Gasteiger partial charge in [-0.1, -0.05) is 359 Å². The Bertz CT molecular complexity index is 4720. The molecular formula is C110H157N2O2S4+. The summed E-state index contributed by atoms with van der Waals surface area (Å²) < 4.78 is 4.92. The standard InChI is InChI=1S/C110H156N2O2S4/c1-33-41-45-69(37-5)65-111(66-70(38-6)46-42-34-2)91-63-87-99(117-91)97-85(109(87,81-53-73(101(9,10)11)49-74(54-81)102(12,13)14)82-55-75(103(15,16)17)50-76(56-82)104(18,19)20)61-89(115-97)93-95(113)94(96(93)114)90-62-86-98(116-90)100-88(64-92(118-100)112(67-71(39-7)47-43-35-3)68-72(40-8)48-44-36-4)110(86,83-57-77(105(21,22)23)51-78(58-83)106(24,25)26)84-59-79(107(27,28)29)52-80(60-84)108(30,31)32/h49-64,69-72H,33-48,65-68H2,1-32H3/p+1. The molecule has 0 spiro atoms. The summed E-state index contributed by atoms with van der Waals surface area (Å²) in [7, 11) is 0. The molecule has 4 nitrogen and oxygen atoms in total. The fourth-order valence-electron chi connectivity index (χ4n) is 18.9. The van der Waals surface area contributed by atoms with E-state index < -0.39 is 10.8 Å². The second kappa shape index (κ2) is 35.3. The van der Waals surface area contributed by atoms with Gasteiger partial charge in [-0.2, -0.15) is 0 Å². The molecule has 4 heterocycles. The topological polar surface area (TPSA) is 43.5 Å². The summed E-state index contributed by atoms with van der Waals surface area (Å²) in [6.45, 7) is 80.5. The summed E-state index contributed by atoms with van der Waals surface area (Å²) in [6.07, 6.45) is 22.0. The van der Waals surface area contributed by atoms with Crippen molar-refractivity contribution < 1.29 is 14.5 Å². The normalized spacial score (nSPS) is 17.3. The minimum atomic E-state index is -0.810. The maximum atomic E-state index is 16.7. The highest BCUT2D eigenvalue weighted by molar-refractivity contribution is 8.22. The van der Waals surface area contributed by atoms with Crippen LogP contribution in [0.1, 0.15) is 413 Å². The third kappa shape index (κ3) is 18.7. The fourth-order valence-corrected chi connectivity index (χ4v) is 24.2. The van der Waals surface area contributed by atoms with Gasteiger partial charge in [0.15, 0.2) is 0 Å². The van der Waals surface area contributed by atoms with E-state index in [9.17, 15) is 5.11 Å². The molecule has 0 bridgehead atoms. The summed E-state index contributed by atoms with van der Waals surface area (Å²) in [5, 5.41) is 16.5. The molecule has 0 saturated heterocycles. The van der Waals surface area contributed by atoms with Crippen molar-refractivity contribution in [2.75, 3.05) is 31.1 Å². The Balaban J connectivity index is 1.28. The maximum Gasteiger partial charge on any atom is 0.240 e. The van der Waals surface area contributed by atoms with E-state index in [1.165, 1.54) is 195 Å². The van der Waals surface area contributed by atoms with Crippen LogP contribution in [0.4, 0.5) is 5.00 Å². The molecule has 0 radical (unpaired) electrons. The first-order chi connectivity index (χ1) is 55.0. The number of Topliss-reactive ketones (excluding diaryl/α,β-unsaturated/α-hetero) is 1. The van der Waals surface area contributed by atoms with Crippen LogP contribution in [-0.4, -0.2) is 46.7 Å². The molecule has 4 aromatic carbocycles. The predicted molar refractivity (Wildman–Crippen MR) is 523 cm³/mol. The van der Waals surface area contributed by atoms with Gasteiger partial charge in [0.2, 0.25) is 10.8 Å². The van der Waals surface area contributed by atoms with Gasteiger partial charge < -0.3 is 10.0 Å². The number of hydrogen-bond acceptors (Lipinski definition) is 7. The lowest BCUT2D eigenvalue weighted by molar-refractivity contribution is -0.539. The highest BCUT2D eigenvalue weighted by Crippen LogP contribution is 2.65. The zero-order chi connectivity index (χ0) is 86.9. The Hall–Kier alpha value is -5.51. The van der Waals surface area contributed by atoms with Gasteiger partial charge in [-0.25, -0.2) is 4.58 Å². The van der Waals surface area contributed by atoms with Gasteiger partial charge in [-0.05, 0) is 213 Å². The molecule has 3 aliphatic carbocycles. The van der Waals surface area contributed by atoms with Gasteiger partial charge in [0.05, 0.1) is 36.7 Å². The number of thiophene rings is 3. The van der Waals surface area contributed by atoms with Gasteiger partial charge in [-0.3, -0.25) is 4.79 Å². The highest BCUT2D eigenvalue weighted by atomic mass is 32.2. The van der Waals surface area contributed by atoms with Crippen molar-refractivity contribution >= 4 is 77.7 Å². The monoisotopic (exact) mass is 1670 g/mol. The summed E-state index contributed by atoms with van der Waals surface area (Å²) in [5.41, 5.74) is 18.7. The van der Waals surface area contributed by atoms with Gasteiger partial charge in [0.1, 0.15) is 18.8 Å². The first-order valence-corrected chi connectivity index (χ1v) is 49.8. The van der Waals surface area contributed by atoms with Crippen molar-refractivity contribution in [1.29, 1.82) is 0 Å². The van der Waals surface area contributed by atoms with Gasteiger partial charge in [-0.15, -0.1) is 34.0 Å². The Kier molecular flexibility index (Phi) is 27.8. The van der Waals surface area contributed by atoms with Crippen LogP contribution in [0.2, 0.25) is 0 Å². The first kappa shape index (κ1) is 93.2. The van der Waals surface area contributed by atoms with Gasteiger partial charge in [0.25, 0.3) is 0 Å². The second-order valence-electron chi connectivity index (χ2n) is 45.0. The number of benzene rings is 4. The molecule has 7 aromatic rings. The molecule has 1 aliphatic heterocycles. The number of rotatable bonds is 30. The lowest BCUT2D eigenvalue weighted by atomic mass is 9.63. The number of aliphatic hydroxyl groups excluding tert-OH is 1. The number of anilines is 1. The smallest absolute Gasteiger partial charge is 0.240 e. The molecule has 4 unspecified atom stereocenters. The Morgan fingerprint density at radius 3 is 1.04 bits per heavy atom. The van der Waals surface area contributed by atoms with Crippen LogP contribution < -0.4 is 14.0 Å². The van der Waals surface area contributed by atoms with Crippen molar-refractivity contribution in [3.8, 4) is 9.75 Å². The molecular weight excluding hydrogens is 1510 g/mol. The van der Waals surface area contributed by atoms with Gasteiger partial charge in [0, 0.05) is 49.8 Å². The number of allylic oxidation sites excluding steroid dienone is 2. The van der Waals surface area contributed by atoms with Crippen LogP contribution >= 0.6 is 45.8 Å². The number of ketones is 1. The molecule has 11 rings (SSSR count). The van der Waals surface area contributed by atoms with Crippen molar-refractivity contribution in [3.63, 3.8) is 0 Å². The molecule has 642 valence electrons. The average Bonchev–Trinajstić information content (AvgIpc) is 1.51. The Morgan fingerprint density at radius 1 is 0.381 bits per heavy atom. The third-order valence-electron chi connectivity index (χ3n) is 27.5. The lowest BCUT2D eigenvalue weighted by Crippen LogP contribution is -2.34. The highest BCUT2D eigenvalue weighted by Gasteiger charge is 2.55. The molecule has 0 amide bonds. The van der Waals surface area contributed by atoms with E-state index in [0.717, 1.165) is 61.3 Å². The molecule has 0 saturated carbocycles. The van der Waals surface area contributed by atoms with Crippen molar-refractivity contribution in [1.82, 2.24) is 0 Å². The third-order valence-corrected chi connectivity index (χ3v) is 32.5. The van der Waals surface area contributed by atoms with E-state index in [4.69, 9.17) is 0 Å². The zero-order valence-corrected chi connectivity index (χ0v) is 83.3. The molecule has 1 N–H and O–H groups in total. The summed E-state index contributed by atoms with van der Waals surface area (Å²) in [5.74, 6) is 2.35. The summed E-state index contributed by atoms with van der Waals surface area (Å²) in [6, 6.07) is 38.2. The van der Waals surface area contributed by atoms with E-state index in [1.54, 1.807) is 22.7 Å². The van der Waals surface area contributed by atoms with Crippen LogP contribution in [0.3, 0.4) is 0 Å². The van der Waals surface area contributed by atoms with Crippen LogP contribution in [0.25, 0.3) is 25.8 Å².